The second kappa shape index (κ2) is 7.43. The lowest BCUT2D eigenvalue weighted by atomic mass is 9.96. The summed E-state index contributed by atoms with van der Waals surface area (Å²) in [5.74, 6) is 1.56. The Hall–Kier alpha value is -0.590. The van der Waals surface area contributed by atoms with Crippen molar-refractivity contribution in [2.75, 3.05) is 7.11 Å². The summed E-state index contributed by atoms with van der Waals surface area (Å²) in [6, 6.07) is 8.35. The third kappa shape index (κ3) is 5.42. The van der Waals surface area contributed by atoms with Crippen LogP contribution < -0.4 is 4.74 Å². The number of rotatable bonds is 6. The van der Waals surface area contributed by atoms with Crippen LogP contribution in [-0.2, 0) is 4.74 Å². The molecule has 114 valence electrons. The van der Waals surface area contributed by atoms with Gasteiger partial charge in [-0.05, 0) is 35.7 Å². The minimum absolute atomic E-state index is 0.0474. The van der Waals surface area contributed by atoms with Crippen LogP contribution in [0, 0.1) is 11.3 Å². The van der Waals surface area contributed by atoms with E-state index in [9.17, 15) is 0 Å². The molecule has 0 amide bonds. The molecular weight excluding hydrogens is 267 g/mol. The lowest BCUT2D eigenvalue weighted by molar-refractivity contribution is -0.120. The average Bonchev–Trinajstić information content (AvgIpc) is 2.34. The van der Waals surface area contributed by atoms with E-state index in [0.717, 1.165) is 5.75 Å². The average molecular weight is 296 g/mol. The molecule has 0 aliphatic heterocycles. The molecule has 1 aromatic rings. The molecule has 0 spiro atoms. The molecule has 2 nitrogen and oxygen atoms in total. The third-order valence-corrected chi connectivity index (χ3v) is 3.85. The van der Waals surface area contributed by atoms with Crippen LogP contribution in [0.15, 0.2) is 24.3 Å². The monoisotopic (exact) mass is 296 g/mol. The summed E-state index contributed by atoms with van der Waals surface area (Å²) in [5.41, 5.74) is 1.79. The first kappa shape index (κ1) is 17.5. The molecule has 0 N–H and O–H groups in total. The molecule has 0 saturated carbocycles. The molecule has 1 aromatic carbocycles. The molecule has 0 aromatic heterocycles. The van der Waals surface area contributed by atoms with Gasteiger partial charge in [0.05, 0.1) is 0 Å². The summed E-state index contributed by atoms with van der Waals surface area (Å²) in [7, 11) is 4.62. The van der Waals surface area contributed by atoms with Gasteiger partial charge in [0.25, 0.3) is 0 Å². The van der Waals surface area contributed by atoms with Gasteiger partial charge in [0.2, 0.25) is 6.29 Å². The van der Waals surface area contributed by atoms with Crippen LogP contribution in [0.2, 0.25) is 0 Å². The molecule has 0 heterocycles. The summed E-state index contributed by atoms with van der Waals surface area (Å²) in [6.07, 6.45) is 0.934. The van der Waals surface area contributed by atoms with Gasteiger partial charge in [-0.3, -0.25) is 0 Å². The fourth-order valence-corrected chi connectivity index (χ4v) is 2.91. The SMILES string of the molecule is COC(Oc1ccc(C(P)CC(C)C)cc1)C(C)(C)C. The fraction of sp³-hybridized carbons (Fsp3) is 0.647. The molecular formula is C17H29O2P. The van der Waals surface area contributed by atoms with Gasteiger partial charge in [0.15, 0.2) is 0 Å². The van der Waals surface area contributed by atoms with Gasteiger partial charge in [0.1, 0.15) is 5.75 Å². The topological polar surface area (TPSA) is 18.5 Å². The van der Waals surface area contributed by atoms with Crippen LogP contribution in [0.3, 0.4) is 0 Å². The maximum atomic E-state index is 5.91. The zero-order chi connectivity index (χ0) is 15.3. The van der Waals surface area contributed by atoms with E-state index in [4.69, 9.17) is 9.47 Å². The highest BCUT2D eigenvalue weighted by molar-refractivity contribution is 7.17. The standard InChI is InChI=1S/C17H29O2P/c1-12(2)11-15(20)13-7-9-14(10-8-13)19-16(18-6)17(3,4)5/h7-10,12,15-16H,11,20H2,1-6H3. The molecule has 0 bridgehead atoms. The van der Waals surface area contributed by atoms with E-state index in [1.54, 1.807) is 7.11 Å². The Morgan fingerprint density at radius 3 is 2.05 bits per heavy atom. The van der Waals surface area contributed by atoms with Crippen molar-refractivity contribution >= 4 is 9.24 Å². The summed E-state index contributed by atoms with van der Waals surface area (Å²) in [5, 5.41) is 0. The molecule has 0 aliphatic rings. The number of hydrogen-bond acceptors (Lipinski definition) is 2. The van der Waals surface area contributed by atoms with E-state index in [1.807, 2.05) is 12.1 Å². The normalized spacial score (nSPS) is 15.2. The van der Waals surface area contributed by atoms with Crippen LogP contribution in [0.25, 0.3) is 0 Å². The van der Waals surface area contributed by atoms with Gasteiger partial charge >= 0.3 is 0 Å². The lowest BCUT2D eigenvalue weighted by Crippen LogP contribution is -2.33. The highest BCUT2D eigenvalue weighted by Crippen LogP contribution is 2.32. The smallest absolute Gasteiger partial charge is 0.204 e. The van der Waals surface area contributed by atoms with Crippen LogP contribution in [0.5, 0.6) is 5.75 Å². The van der Waals surface area contributed by atoms with E-state index >= 15 is 0 Å². The minimum Gasteiger partial charge on any atom is -0.464 e. The zero-order valence-corrected chi connectivity index (χ0v) is 14.8. The van der Waals surface area contributed by atoms with Gasteiger partial charge in [-0.15, -0.1) is 9.24 Å². The van der Waals surface area contributed by atoms with Gasteiger partial charge in [-0.2, -0.15) is 0 Å². The summed E-state index contributed by atoms with van der Waals surface area (Å²) < 4.78 is 11.3. The van der Waals surface area contributed by atoms with E-state index < -0.39 is 0 Å². The predicted molar refractivity (Wildman–Crippen MR) is 89.2 cm³/mol. The first-order valence-electron chi connectivity index (χ1n) is 7.29. The fourth-order valence-electron chi connectivity index (χ4n) is 2.14. The predicted octanol–water partition coefficient (Wildman–Crippen LogP) is 5.05. The molecule has 1 rings (SSSR count). The number of benzene rings is 1. The maximum absolute atomic E-state index is 5.91. The Morgan fingerprint density at radius 1 is 1.10 bits per heavy atom. The van der Waals surface area contributed by atoms with Crippen molar-refractivity contribution in [3.63, 3.8) is 0 Å². The lowest BCUT2D eigenvalue weighted by Gasteiger charge is -2.29. The molecule has 3 heteroatoms. The highest BCUT2D eigenvalue weighted by atomic mass is 31.0. The summed E-state index contributed by atoms with van der Waals surface area (Å²) in [6.45, 7) is 10.8. The van der Waals surface area contributed by atoms with Crippen LogP contribution in [0.1, 0.15) is 52.3 Å². The molecule has 0 fully saturated rings. The Labute approximate surface area is 126 Å². The first-order chi connectivity index (χ1) is 9.24. The zero-order valence-electron chi connectivity index (χ0n) is 13.6. The van der Waals surface area contributed by atoms with E-state index in [0.29, 0.717) is 11.6 Å². The van der Waals surface area contributed by atoms with E-state index in [-0.39, 0.29) is 11.7 Å². The molecule has 3 unspecified atom stereocenters. The van der Waals surface area contributed by atoms with Crippen molar-refractivity contribution in [2.24, 2.45) is 11.3 Å². The second-order valence-corrected chi connectivity index (χ2v) is 7.66. The van der Waals surface area contributed by atoms with Crippen molar-refractivity contribution in [1.82, 2.24) is 0 Å². The Balaban J connectivity index is 2.71. The number of hydrogen-bond donors (Lipinski definition) is 0. The Bertz CT molecular complexity index is 392. The van der Waals surface area contributed by atoms with E-state index in [1.165, 1.54) is 12.0 Å². The van der Waals surface area contributed by atoms with Crippen molar-refractivity contribution in [3.8, 4) is 5.75 Å². The van der Waals surface area contributed by atoms with Crippen LogP contribution in [0.4, 0.5) is 0 Å². The molecule has 0 radical (unpaired) electrons. The Kier molecular flexibility index (Phi) is 6.48. The van der Waals surface area contributed by atoms with Gasteiger partial charge in [-0.25, -0.2) is 0 Å². The highest BCUT2D eigenvalue weighted by Gasteiger charge is 2.26. The second-order valence-electron chi connectivity index (χ2n) is 6.86. The van der Waals surface area contributed by atoms with Crippen molar-refractivity contribution < 1.29 is 9.47 Å². The van der Waals surface area contributed by atoms with Crippen molar-refractivity contribution in [2.45, 2.75) is 53.0 Å². The molecule has 20 heavy (non-hydrogen) atoms. The van der Waals surface area contributed by atoms with Crippen LogP contribution >= 0.6 is 9.24 Å². The summed E-state index contributed by atoms with van der Waals surface area (Å²) in [4.78, 5) is 0. The molecule has 0 saturated heterocycles. The van der Waals surface area contributed by atoms with Gasteiger partial charge in [-0.1, -0.05) is 46.8 Å². The Morgan fingerprint density at radius 2 is 1.65 bits per heavy atom. The maximum Gasteiger partial charge on any atom is 0.204 e. The summed E-state index contributed by atoms with van der Waals surface area (Å²) >= 11 is 0. The molecule has 3 atom stereocenters. The van der Waals surface area contributed by atoms with E-state index in [2.05, 4.69) is 56.0 Å². The van der Waals surface area contributed by atoms with Gasteiger partial charge < -0.3 is 9.47 Å². The third-order valence-electron chi connectivity index (χ3n) is 3.20. The number of ether oxygens (including phenoxy) is 2. The quantitative estimate of drug-likeness (QED) is 0.540. The first-order valence-corrected chi connectivity index (χ1v) is 7.95. The van der Waals surface area contributed by atoms with Crippen molar-refractivity contribution in [3.05, 3.63) is 29.8 Å². The van der Waals surface area contributed by atoms with Gasteiger partial charge in [0, 0.05) is 12.5 Å². The largest absolute Gasteiger partial charge is 0.464 e. The number of methoxy groups -OCH3 is 1. The molecule has 0 aliphatic carbocycles. The van der Waals surface area contributed by atoms with Crippen molar-refractivity contribution in [1.29, 1.82) is 0 Å². The van der Waals surface area contributed by atoms with Crippen LogP contribution in [-0.4, -0.2) is 13.4 Å². The minimum atomic E-state index is -0.240.